The molecule has 2 aromatic rings. The average Bonchev–Trinajstić information content (AvgIpc) is 2.52. The number of hydrogen-bond donors (Lipinski definition) is 4. The van der Waals surface area contributed by atoms with Crippen molar-refractivity contribution in [1.82, 2.24) is 0 Å². The largest absolute Gasteiger partial charge is 0.504 e. The standard InChI is InChI=1S/C15H17NO5/c1-20-10-4-5-11(13(7-10)21-2)16-8-9-3-6-12(17)15(19)14(9)18/h3-7,16-19H,8H2,1-2H3. The molecule has 0 radical (unpaired) electrons. The van der Waals surface area contributed by atoms with E-state index in [1.165, 1.54) is 12.1 Å². The zero-order chi connectivity index (χ0) is 15.4. The van der Waals surface area contributed by atoms with Crippen molar-refractivity contribution in [3.05, 3.63) is 35.9 Å². The number of rotatable bonds is 5. The van der Waals surface area contributed by atoms with Crippen LogP contribution in [-0.4, -0.2) is 29.5 Å². The summed E-state index contributed by atoms with van der Waals surface area (Å²) in [6.07, 6.45) is 0. The Morgan fingerprint density at radius 3 is 2.38 bits per heavy atom. The lowest BCUT2D eigenvalue weighted by atomic mass is 10.1. The van der Waals surface area contributed by atoms with Crippen LogP contribution in [0.2, 0.25) is 0 Å². The summed E-state index contributed by atoms with van der Waals surface area (Å²) in [5.74, 6) is 0.0172. The van der Waals surface area contributed by atoms with Gasteiger partial charge in [-0.15, -0.1) is 0 Å². The lowest BCUT2D eigenvalue weighted by Crippen LogP contribution is -2.02. The second-order valence-electron chi connectivity index (χ2n) is 4.36. The fraction of sp³-hybridized carbons (Fsp3) is 0.200. The Kier molecular flexibility index (Phi) is 4.27. The predicted octanol–water partition coefficient (Wildman–Crippen LogP) is 2.43. The van der Waals surface area contributed by atoms with Gasteiger partial charge in [0.1, 0.15) is 11.5 Å². The number of hydrogen-bond acceptors (Lipinski definition) is 6. The molecule has 6 nitrogen and oxygen atoms in total. The molecule has 2 aromatic carbocycles. The normalized spacial score (nSPS) is 10.2. The molecule has 0 saturated carbocycles. The van der Waals surface area contributed by atoms with E-state index in [-0.39, 0.29) is 18.0 Å². The Morgan fingerprint density at radius 2 is 1.71 bits per heavy atom. The van der Waals surface area contributed by atoms with E-state index in [2.05, 4.69) is 5.32 Å². The maximum atomic E-state index is 9.76. The van der Waals surface area contributed by atoms with E-state index in [1.54, 1.807) is 32.4 Å². The second kappa shape index (κ2) is 6.13. The Hall–Kier alpha value is -2.76. The molecule has 0 amide bonds. The molecule has 0 heterocycles. The van der Waals surface area contributed by atoms with Crippen LogP contribution in [-0.2, 0) is 6.54 Å². The summed E-state index contributed by atoms with van der Waals surface area (Å²) in [5, 5.41) is 31.6. The smallest absolute Gasteiger partial charge is 0.200 e. The third-order valence-corrected chi connectivity index (χ3v) is 3.09. The Labute approximate surface area is 122 Å². The number of ether oxygens (including phenoxy) is 2. The number of phenolic OH excluding ortho intramolecular Hbond substituents is 3. The summed E-state index contributed by atoms with van der Waals surface area (Å²) in [6.45, 7) is 0.252. The van der Waals surface area contributed by atoms with Gasteiger partial charge in [0.05, 0.1) is 19.9 Å². The highest BCUT2D eigenvalue weighted by atomic mass is 16.5. The summed E-state index contributed by atoms with van der Waals surface area (Å²) in [4.78, 5) is 0. The van der Waals surface area contributed by atoms with Gasteiger partial charge >= 0.3 is 0 Å². The van der Waals surface area contributed by atoms with Crippen molar-refractivity contribution < 1.29 is 24.8 Å². The van der Waals surface area contributed by atoms with Gasteiger partial charge in [-0.25, -0.2) is 0 Å². The van der Waals surface area contributed by atoms with Gasteiger partial charge in [-0.3, -0.25) is 0 Å². The molecule has 0 fully saturated rings. The number of phenols is 3. The molecule has 0 bridgehead atoms. The van der Waals surface area contributed by atoms with Crippen molar-refractivity contribution in [3.63, 3.8) is 0 Å². The van der Waals surface area contributed by atoms with Gasteiger partial charge in [-0.1, -0.05) is 0 Å². The Morgan fingerprint density at radius 1 is 0.952 bits per heavy atom. The van der Waals surface area contributed by atoms with Gasteiger partial charge in [0.15, 0.2) is 11.5 Å². The van der Waals surface area contributed by atoms with Crippen LogP contribution in [0.25, 0.3) is 0 Å². The molecule has 0 aliphatic rings. The zero-order valence-electron chi connectivity index (χ0n) is 11.8. The van der Waals surface area contributed by atoms with Crippen molar-refractivity contribution in [2.75, 3.05) is 19.5 Å². The van der Waals surface area contributed by atoms with Gasteiger partial charge in [-0.2, -0.15) is 0 Å². The zero-order valence-corrected chi connectivity index (χ0v) is 11.8. The van der Waals surface area contributed by atoms with E-state index in [0.29, 0.717) is 22.7 Å². The van der Waals surface area contributed by atoms with E-state index in [0.717, 1.165) is 0 Å². The minimum absolute atomic E-state index is 0.252. The topological polar surface area (TPSA) is 91.2 Å². The number of anilines is 1. The summed E-state index contributed by atoms with van der Waals surface area (Å²) in [7, 11) is 3.11. The minimum Gasteiger partial charge on any atom is -0.504 e. The van der Waals surface area contributed by atoms with Crippen LogP contribution in [0.5, 0.6) is 28.7 Å². The Balaban J connectivity index is 2.18. The number of benzene rings is 2. The third-order valence-electron chi connectivity index (χ3n) is 3.09. The predicted molar refractivity (Wildman–Crippen MR) is 78.3 cm³/mol. The first kappa shape index (κ1) is 14.6. The molecule has 2 rings (SSSR count). The van der Waals surface area contributed by atoms with Gasteiger partial charge < -0.3 is 30.1 Å². The van der Waals surface area contributed by atoms with Gasteiger partial charge in [0.2, 0.25) is 5.75 Å². The maximum absolute atomic E-state index is 9.76. The SMILES string of the molecule is COc1ccc(NCc2ccc(O)c(O)c2O)c(OC)c1. The van der Waals surface area contributed by atoms with Crippen LogP contribution in [0, 0.1) is 0 Å². The molecule has 0 aromatic heterocycles. The number of nitrogens with one attached hydrogen (secondary N) is 1. The van der Waals surface area contributed by atoms with Crippen LogP contribution < -0.4 is 14.8 Å². The average molecular weight is 291 g/mol. The van der Waals surface area contributed by atoms with Crippen LogP contribution in [0.3, 0.4) is 0 Å². The molecule has 0 aliphatic carbocycles. The molecular formula is C15H17NO5. The van der Waals surface area contributed by atoms with Crippen molar-refractivity contribution in [3.8, 4) is 28.7 Å². The van der Waals surface area contributed by atoms with Crippen molar-refractivity contribution in [1.29, 1.82) is 0 Å². The first-order chi connectivity index (χ1) is 10.1. The van der Waals surface area contributed by atoms with E-state index >= 15 is 0 Å². The van der Waals surface area contributed by atoms with Crippen LogP contribution >= 0.6 is 0 Å². The van der Waals surface area contributed by atoms with E-state index in [1.807, 2.05) is 0 Å². The molecule has 4 N–H and O–H groups in total. The van der Waals surface area contributed by atoms with Crippen LogP contribution in [0.1, 0.15) is 5.56 Å². The molecule has 6 heteroatoms. The molecule has 0 atom stereocenters. The maximum Gasteiger partial charge on any atom is 0.200 e. The Bertz CT molecular complexity index is 642. The van der Waals surface area contributed by atoms with E-state index in [4.69, 9.17) is 9.47 Å². The van der Waals surface area contributed by atoms with Crippen molar-refractivity contribution >= 4 is 5.69 Å². The molecule has 21 heavy (non-hydrogen) atoms. The molecule has 0 saturated heterocycles. The lowest BCUT2D eigenvalue weighted by Gasteiger charge is -2.13. The molecule has 0 unspecified atom stereocenters. The summed E-state index contributed by atoms with van der Waals surface area (Å²) >= 11 is 0. The molecule has 0 spiro atoms. The van der Waals surface area contributed by atoms with Crippen molar-refractivity contribution in [2.24, 2.45) is 0 Å². The monoisotopic (exact) mass is 291 g/mol. The quantitative estimate of drug-likeness (QED) is 0.632. The van der Waals surface area contributed by atoms with Crippen LogP contribution in [0.15, 0.2) is 30.3 Å². The minimum atomic E-state index is -0.531. The summed E-state index contributed by atoms with van der Waals surface area (Å²) < 4.78 is 10.4. The second-order valence-corrected chi connectivity index (χ2v) is 4.36. The van der Waals surface area contributed by atoms with E-state index < -0.39 is 5.75 Å². The molecule has 112 valence electrons. The number of aromatic hydroxyl groups is 3. The van der Waals surface area contributed by atoms with Gasteiger partial charge in [0, 0.05) is 18.2 Å². The van der Waals surface area contributed by atoms with Gasteiger partial charge in [-0.05, 0) is 24.3 Å². The summed E-state index contributed by atoms with van der Waals surface area (Å²) in [5.41, 5.74) is 1.16. The lowest BCUT2D eigenvalue weighted by molar-refractivity contribution is 0.365. The van der Waals surface area contributed by atoms with E-state index in [9.17, 15) is 15.3 Å². The summed E-state index contributed by atoms with van der Waals surface area (Å²) in [6, 6.07) is 8.13. The van der Waals surface area contributed by atoms with Gasteiger partial charge in [0.25, 0.3) is 0 Å². The fourth-order valence-corrected chi connectivity index (χ4v) is 1.89. The molecular weight excluding hydrogens is 274 g/mol. The van der Waals surface area contributed by atoms with Crippen LogP contribution in [0.4, 0.5) is 5.69 Å². The fourth-order valence-electron chi connectivity index (χ4n) is 1.89. The van der Waals surface area contributed by atoms with Crippen molar-refractivity contribution in [2.45, 2.75) is 6.54 Å². The number of methoxy groups -OCH3 is 2. The first-order valence-electron chi connectivity index (χ1n) is 6.25. The molecule has 0 aliphatic heterocycles. The highest BCUT2D eigenvalue weighted by Crippen LogP contribution is 2.37. The first-order valence-corrected chi connectivity index (χ1v) is 6.25. The highest BCUT2D eigenvalue weighted by Gasteiger charge is 2.11. The third kappa shape index (κ3) is 3.05. The highest BCUT2D eigenvalue weighted by molar-refractivity contribution is 5.60.